The van der Waals surface area contributed by atoms with E-state index in [0.717, 1.165) is 6.42 Å². The molecule has 1 unspecified atom stereocenters. The Morgan fingerprint density at radius 2 is 2.33 bits per heavy atom. The van der Waals surface area contributed by atoms with Gasteiger partial charge in [0, 0.05) is 34.5 Å². The van der Waals surface area contributed by atoms with Crippen LogP contribution in [0.1, 0.15) is 22.2 Å². The Morgan fingerprint density at radius 3 is 2.90 bits per heavy atom. The van der Waals surface area contributed by atoms with E-state index in [1.54, 1.807) is 11.3 Å². The van der Waals surface area contributed by atoms with Gasteiger partial charge >= 0.3 is 5.69 Å². The van der Waals surface area contributed by atoms with Gasteiger partial charge in [0.2, 0.25) is 5.82 Å². The summed E-state index contributed by atoms with van der Waals surface area (Å²) < 4.78 is 0. The lowest BCUT2D eigenvalue weighted by atomic mass is 10.2. The highest BCUT2D eigenvalue weighted by Crippen LogP contribution is 2.24. The van der Waals surface area contributed by atoms with Crippen LogP contribution in [0.4, 0.5) is 11.5 Å². The van der Waals surface area contributed by atoms with E-state index in [1.165, 1.54) is 22.0 Å². The minimum absolute atomic E-state index is 0.00202. The van der Waals surface area contributed by atoms with Crippen LogP contribution >= 0.6 is 11.3 Å². The van der Waals surface area contributed by atoms with Gasteiger partial charge in [-0.05, 0) is 26.0 Å². The summed E-state index contributed by atoms with van der Waals surface area (Å²) in [5.41, 5.74) is -0.00274. The Labute approximate surface area is 126 Å². The number of nitro groups is 1. The van der Waals surface area contributed by atoms with Crippen LogP contribution in [-0.4, -0.2) is 15.9 Å². The van der Waals surface area contributed by atoms with E-state index in [0.29, 0.717) is 0 Å². The molecule has 0 radical (unpaired) electrons. The van der Waals surface area contributed by atoms with Crippen molar-refractivity contribution in [3.8, 4) is 6.07 Å². The first kappa shape index (κ1) is 14.9. The molecule has 2 aromatic rings. The Hall–Kier alpha value is -2.46. The van der Waals surface area contributed by atoms with E-state index in [1.807, 2.05) is 19.9 Å². The Bertz CT molecular complexity index is 705. The predicted molar refractivity (Wildman–Crippen MR) is 81.5 cm³/mol. The minimum atomic E-state index is -0.530. The number of rotatable bonds is 5. The summed E-state index contributed by atoms with van der Waals surface area (Å²) in [5, 5.41) is 22.9. The lowest BCUT2D eigenvalue weighted by molar-refractivity contribution is -0.384. The number of anilines is 1. The number of nitrogens with one attached hydrogen (secondary N) is 1. The molecule has 1 atom stereocenters. The molecular formula is C14H14N4O2S. The molecule has 2 heterocycles. The lowest BCUT2D eigenvalue weighted by Gasteiger charge is -2.13. The molecule has 0 bridgehead atoms. The molecule has 1 N–H and O–H groups in total. The van der Waals surface area contributed by atoms with Crippen LogP contribution in [0.3, 0.4) is 0 Å². The van der Waals surface area contributed by atoms with E-state index in [2.05, 4.69) is 22.4 Å². The molecule has 21 heavy (non-hydrogen) atoms. The largest absolute Gasteiger partial charge is 0.362 e. The maximum atomic E-state index is 11.1. The molecule has 108 valence electrons. The van der Waals surface area contributed by atoms with Gasteiger partial charge in [-0.1, -0.05) is 0 Å². The van der Waals surface area contributed by atoms with Crippen molar-refractivity contribution >= 4 is 22.8 Å². The van der Waals surface area contributed by atoms with Crippen molar-refractivity contribution in [2.75, 3.05) is 5.32 Å². The molecule has 2 aromatic heterocycles. The third-order valence-electron chi connectivity index (χ3n) is 2.88. The number of aryl methyl sites for hydroxylation is 1. The van der Waals surface area contributed by atoms with E-state index >= 15 is 0 Å². The van der Waals surface area contributed by atoms with Crippen molar-refractivity contribution in [2.24, 2.45) is 0 Å². The van der Waals surface area contributed by atoms with Gasteiger partial charge in [0.05, 0.1) is 10.5 Å². The third kappa shape index (κ3) is 3.77. The van der Waals surface area contributed by atoms with E-state index < -0.39 is 4.92 Å². The molecule has 0 saturated heterocycles. The van der Waals surface area contributed by atoms with Crippen molar-refractivity contribution in [3.63, 3.8) is 0 Å². The summed E-state index contributed by atoms with van der Waals surface area (Å²) in [6.07, 6.45) is 2.09. The first-order valence-corrected chi connectivity index (χ1v) is 7.17. The smallest absolute Gasteiger partial charge is 0.312 e. The third-order valence-corrected chi connectivity index (χ3v) is 3.90. The Morgan fingerprint density at radius 1 is 1.57 bits per heavy atom. The highest BCUT2D eigenvalue weighted by molar-refractivity contribution is 7.11. The molecule has 0 fully saturated rings. The molecule has 6 nitrogen and oxygen atoms in total. The molecule has 0 saturated carbocycles. The van der Waals surface area contributed by atoms with Crippen LogP contribution in [0.25, 0.3) is 0 Å². The van der Waals surface area contributed by atoms with Gasteiger partial charge in [-0.15, -0.1) is 11.3 Å². The number of nitriles is 1. The molecule has 7 heteroatoms. The summed E-state index contributed by atoms with van der Waals surface area (Å²) in [6, 6.07) is 7.19. The molecule has 2 rings (SSSR count). The SMILES string of the molecule is Cc1ccc(CC(C)Nc2ncc(C#N)cc2[N+](=O)[O-])s1. The van der Waals surface area contributed by atoms with Gasteiger partial charge in [0.1, 0.15) is 6.07 Å². The second kappa shape index (κ2) is 6.33. The lowest BCUT2D eigenvalue weighted by Crippen LogP contribution is -2.19. The van der Waals surface area contributed by atoms with Gasteiger partial charge in [-0.2, -0.15) is 5.26 Å². The molecular weight excluding hydrogens is 288 g/mol. The van der Waals surface area contributed by atoms with Crippen LogP contribution in [0, 0.1) is 28.4 Å². The normalized spacial score (nSPS) is 11.7. The standard InChI is InChI=1S/C14H14N4O2S/c1-9(5-12-4-3-10(2)21-12)17-14-13(18(19)20)6-11(7-15)8-16-14/h3-4,6,8-9H,5H2,1-2H3,(H,16,17). The van der Waals surface area contributed by atoms with E-state index in [9.17, 15) is 10.1 Å². The Kier molecular flexibility index (Phi) is 4.50. The van der Waals surface area contributed by atoms with E-state index in [4.69, 9.17) is 5.26 Å². The van der Waals surface area contributed by atoms with Crippen molar-refractivity contribution in [1.29, 1.82) is 5.26 Å². The maximum absolute atomic E-state index is 11.1. The Balaban J connectivity index is 2.15. The zero-order chi connectivity index (χ0) is 15.4. The number of hydrogen-bond donors (Lipinski definition) is 1. The number of pyridine rings is 1. The zero-order valence-electron chi connectivity index (χ0n) is 11.7. The van der Waals surface area contributed by atoms with Crippen molar-refractivity contribution in [2.45, 2.75) is 26.3 Å². The topological polar surface area (TPSA) is 91.8 Å². The van der Waals surface area contributed by atoms with Crippen molar-refractivity contribution in [3.05, 3.63) is 49.8 Å². The number of thiophene rings is 1. The fourth-order valence-electron chi connectivity index (χ4n) is 1.95. The molecule has 0 aliphatic heterocycles. The number of aromatic nitrogens is 1. The van der Waals surface area contributed by atoms with Crippen LogP contribution in [0.5, 0.6) is 0 Å². The van der Waals surface area contributed by atoms with E-state index in [-0.39, 0.29) is 23.1 Å². The highest BCUT2D eigenvalue weighted by Gasteiger charge is 2.18. The van der Waals surface area contributed by atoms with Crippen LogP contribution in [0.2, 0.25) is 0 Å². The van der Waals surface area contributed by atoms with Crippen LogP contribution < -0.4 is 5.32 Å². The number of hydrogen-bond acceptors (Lipinski definition) is 6. The van der Waals surface area contributed by atoms with Crippen LogP contribution in [-0.2, 0) is 6.42 Å². The summed E-state index contributed by atoms with van der Waals surface area (Å²) in [5.74, 6) is 0.194. The molecule has 0 aliphatic carbocycles. The molecule has 0 spiro atoms. The second-order valence-corrected chi connectivity index (χ2v) is 6.09. The zero-order valence-corrected chi connectivity index (χ0v) is 12.5. The second-order valence-electron chi connectivity index (χ2n) is 4.72. The predicted octanol–water partition coefficient (Wildman–Crippen LogP) is 3.27. The minimum Gasteiger partial charge on any atom is -0.362 e. The highest BCUT2D eigenvalue weighted by atomic mass is 32.1. The van der Waals surface area contributed by atoms with Crippen molar-refractivity contribution < 1.29 is 4.92 Å². The fraction of sp³-hybridized carbons (Fsp3) is 0.286. The van der Waals surface area contributed by atoms with Crippen LogP contribution in [0.15, 0.2) is 24.4 Å². The average molecular weight is 302 g/mol. The fourth-order valence-corrected chi connectivity index (χ4v) is 2.96. The molecule has 0 aliphatic rings. The van der Waals surface area contributed by atoms with Gasteiger partial charge in [0.15, 0.2) is 0 Å². The summed E-state index contributed by atoms with van der Waals surface area (Å²) in [6.45, 7) is 3.98. The maximum Gasteiger partial charge on any atom is 0.312 e. The quantitative estimate of drug-likeness (QED) is 0.676. The first-order chi connectivity index (χ1) is 9.99. The van der Waals surface area contributed by atoms with Gasteiger partial charge in [0.25, 0.3) is 0 Å². The summed E-state index contributed by atoms with van der Waals surface area (Å²) in [4.78, 5) is 17.0. The number of nitrogens with zero attached hydrogens (tertiary/aromatic N) is 3. The van der Waals surface area contributed by atoms with Gasteiger partial charge < -0.3 is 5.32 Å². The first-order valence-electron chi connectivity index (χ1n) is 6.36. The molecule has 0 amide bonds. The average Bonchev–Trinajstić information content (AvgIpc) is 2.84. The van der Waals surface area contributed by atoms with Gasteiger partial charge in [-0.3, -0.25) is 10.1 Å². The summed E-state index contributed by atoms with van der Waals surface area (Å²) in [7, 11) is 0. The summed E-state index contributed by atoms with van der Waals surface area (Å²) >= 11 is 1.71. The van der Waals surface area contributed by atoms with Gasteiger partial charge in [-0.25, -0.2) is 4.98 Å². The van der Waals surface area contributed by atoms with Crippen molar-refractivity contribution in [1.82, 2.24) is 4.98 Å². The molecule has 0 aromatic carbocycles. The monoisotopic (exact) mass is 302 g/mol.